The highest BCUT2D eigenvalue weighted by Crippen LogP contribution is 2.24. The molecule has 102 valence electrons. The third-order valence-electron chi connectivity index (χ3n) is 3.19. The van der Waals surface area contributed by atoms with Crippen LogP contribution in [0.25, 0.3) is 10.8 Å². The lowest BCUT2D eigenvalue weighted by Crippen LogP contribution is -2.37. The second-order valence-electron chi connectivity index (χ2n) is 4.69. The van der Waals surface area contributed by atoms with Gasteiger partial charge in [-0.2, -0.15) is 0 Å². The zero-order chi connectivity index (χ0) is 13.9. The van der Waals surface area contributed by atoms with Crippen molar-refractivity contribution in [2.24, 2.45) is 0 Å². The molecule has 0 aliphatic heterocycles. The first-order chi connectivity index (χ1) is 9.03. The number of alkyl halides is 2. The largest absolute Gasteiger partial charge is 0.390 e. The predicted octanol–water partition coefficient (Wildman–Crippen LogP) is 3.12. The van der Waals surface area contributed by atoms with E-state index in [0.29, 0.717) is 0 Å². The van der Waals surface area contributed by atoms with Crippen LogP contribution in [0.4, 0.5) is 8.78 Å². The summed E-state index contributed by atoms with van der Waals surface area (Å²) in [4.78, 5) is 0. The summed E-state index contributed by atoms with van der Waals surface area (Å²) in [5, 5.41) is 13.5. The molecule has 0 spiro atoms. The van der Waals surface area contributed by atoms with Crippen molar-refractivity contribution in [1.29, 1.82) is 0 Å². The molecule has 0 saturated heterocycles. The molecule has 0 bridgehead atoms. The van der Waals surface area contributed by atoms with Gasteiger partial charge in [-0.1, -0.05) is 42.5 Å². The summed E-state index contributed by atoms with van der Waals surface area (Å²) >= 11 is 0. The molecular weight excluding hydrogens is 248 g/mol. The zero-order valence-corrected chi connectivity index (χ0v) is 10.7. The zero-order valence-electron chi connectivity index (χ0n) is 10.7. The first-order valence-electron chi connectivity index (χ1n) is 6.23. The Morgan fingerprint density at radius 1 is 1.16 bits per heavy atom. The summed E-state index contributed by atoms with van der Waals surface area (Å²) < 4.78 is 26.1. The summed E-state index contributed by atoms with van der Waals surface area (Å²) in [5.74, 6) is -3.08. The highest BCUT2D eigenvalue weighted by Gasteiger charge is 2.28. The topological polar surface area (TPSA) is 32.3 Å². The van der Waals surface area contributed by atoms with E-state index < -0.39 is 19.1 Å². The Kier molecular flexibility index (Phi) is 4.12. The smallest absolute Gasteiger partial charge is 0.282 e. The van der Waals surface area contributed by atoms with Gasteiger partial charge in [0.25, 0.3) is 5.92 Å². The molecule has 0 amide bonds. The fourth-order valence-corrected chi connectivity index (χ4v) is 2.10. The first kappa shape index (κ1) is 13.9. The number of fused-ring (bicyclic) bond motifs is 1. The average molecular weight is 265 g/mol. The average Bonchev–Trinajstić information content (AvgIpc) is 2.44. The van der Waals surface area contributed by atoms with Crippen molar-refractivity contribution >= 4 is 10.8 Å². The van der Waals surface area contributed by atoms with Crippen LogP contribution in [0.5, 0.6) is 0 Å². The lowest BCUT2D eigenvalue weighted by Gasteiger charge is -2.20. The van der Waals surface area contributed by atoms with E-state index in [9.17, 15) is 8.78 Å². The second-order valence-corrected chi connectivity index (χ2v) is 4.69. The molecule has 0 aromatic heterocycles. The van der Waals surface area contributed by atoms with E-state index >= 15 is 0 Å². The van der Waals surface area contributed by atoms with E-state index in [-0.39, 0.29) is 6.04 Å². The first-order valence-corrected chi connectivity index (χ1v) is 6.23. The molecule has 4 heteroatoms. The van der Waals surface area contributed by atoms with Crippen LogP contribution in [-0.2, 0) is 0 Å². The van der Waals surface area contributed by atoms with Crippen molar-refractivity contribution in [3.63, 3.8) is 0 Å². The third-order valence-corrected chi connectivity index (χ3v) is 3.19. The van der Waals surface area contributed by atoms with E-state index in [1.54, 1.807) is 0 Å². The molecule has 2 aromatic rings. The standard InChI is InChI=1S/C15H17F2NO/c1-11(18-9-15(16,17)10-19)13-8-4-6-12-5-2-3-7-14(12)13/h2-8,11,18-19H,9-10H2,1H3. The van der Waals surface area contributed by atoms with Crippen molar-refractivity contribution in [2.75, 3.05) is 13.2 Å². The number of aliphatic hydroxyl groups excluding tert-OH is 1. The normalized spacial score (nSPS) is 13.7. The Balaban J connectivity index is 2.20. The molecule has 2 aromatic carbocycles. The fourth-order valence-electron chi connectivity index (χ4n) is 2.10. The van der Waals surface area contributed by atoms with Gasteiger partial charge in [-0.05, 0) is 23.3 Å². The number of benzene rings is 2. The Bertz CT molecular complexity index is 551. The van der Waals surface area contributed by atoms with Gasteiger partial charge < -0.3 is 10.4 Å². The number of aliphatic hydroxyl groups is 1. The van der Waals surface area contributed by atoms with E-state index in [1.807, 2.05) is 49.4 Å². The van der Waals surface area contributed by atoms with Crippen LogP contribution in [-0.4, -0.2) is 24.2 Å². The Morgan fingerprint density at radius 3 is 2.58 bits per heavy atom. The molecule has 2 nitrogen and oxygen atoms in total. The monoisotopic (exact) mass is 265 g/mol. The maximum atomic E-state index is 13.0. The van der Waals surface area contributed by atoms with Gasteiger partial charge in [0.2, 0.25) is 0 Å². The molecule has 0 saturated carbocycles. The number of rotatable bonds is 5. The summed E-state index contributed by atoms with van der Waals surface area (Å²) in [5.41, 5.74) is 0.979. The van der Waals surface area contributed by atoms with Gasteiger partial charge in [-0.25, -0.2) is 8.78 Å². The molecule has 2 rings (SSSR count). The summed E-state index contributed by atoms with van der Waals surface area (Å²) in [6, 6.07) is 13.5. The predicted molar refractivity (Wildman–Crippen MR) is 72.4 cm³/mol. The SMILES string of the molecule is CC(NCC(F)(F)CO)c1cccc2ccccc12. The van der Waals surface area contributed by atoms with Gasteiger partial charge >= 0.3 is 0 Å². The maximum Gasteiger partial charge on any atom is 0.282 e. The van der Waals surface area contributed by atoms with Gasteiger partial charge in [-0.3, -0.25) is 0 Å². The molecule has 2 N–H and O–H groups in total. The third kappa shape index (κ3) is 3.28. The Morgan fingerprint density at radius 2 is 1.84 bits per heavy atom. The summed E-state index contributed by atoms with van der Waals surface area (Å²) in [6.45, 7) is 0.172. The van der Waals surface area contributed by atoms with Crippen LogP contribution in [0.15, 0.2) is 42.5 Å². The highest BCUT2D eigenvalue weighted by atomic mass is 19.3. The van der Waals surface area contributed by atoms with Crippen molar-refractivity contribution < 1.29 is 13.9 Å². The number of hydrogen-bond acceptors (Lipinski definition) is 2. The second kappa shape index (κ2) is 5.63. The molecule has 0 aliphatic rings. The summed E-state index contributed by atoms with van der Waals surface area (Å²) in [7, 11) is 0. The van der Waals surface area contributed by atoms with Crippen LogP contribution in [0.3, 0.4) is 0 Å². The minimum absolute atomic E-state index is 0.205. The van der Waals surface area contributed by atoms with Crippen molar-refractivity contribution in [2.45, 2.75) is 18.9 Å². The minimum atomic E-state index is -3.08. The Hall–Kier alpha value is -1.52. The van der Waals surface area contributed by atoms with Crippen molar-refractivity contribution in [3.05, 3.63) is 48.0 Å². The lowest BCUT2D eigenvalue weighted by molar-refractivity contribution is -0.0490. The minimum Gasteiger partial charge on any atom is -0.390 e. The van der Waals surface area contributed by atoms with Gasteiger partial charge in [0, 0.05) is 6.04 Å². The molecule has 19 heavy (non-hydrogen) atoms. The van der Waals surface area contributed by atoms with Crippen molar-refractivity contribution in [1.82, 2.24) is 5.32 Å². The van der Waals surface area contributed by atoms with Crippen LogP contribution in [0.2, 0.25) is 0 Å². The van der Waals surface area contributed by atoms with Crippen LogP contribution in [0.1, 0.15) is 18.5 Å². The molecular formula is C15H17F2NO. The van der Waals surface area contributed by atoms with Crippen LogP contribution >= 0.6 is 0 Å². The quantitative estimate of drug-likeness (QED) is 0.870. The highest BCUT2D eigenvalue weighted by molar-refractivity contribution is 5.86. The Labute approximate surface area is 111 Å². The fraction of sp³-hybridized carbons (Fsp3) is 0.333. The van der Waals surface area contributed by atoms with Gasteiger partial charge in [0.1, 0.15) is 6.61 Å². The molecule has 1 atom stereocenters. The molecule has 1 unspecified atom stereocenters. The van der Waals surface area contributed by atoms with Gasteiger partial charge in [-0.15, -0.1) is 0 Å². The molecule has 0 aliphatic carbocycles. The van der Waals surface area contributed by atoms with E-state index in [0.717, 1.165) is 16.3 Å². The van der Waals surface area contributed by atoms with Gasteiger partial charge in [0.05, 0.1) is 6.54 Å². The van der Waals surface area contributed by atoms with Gasteiger partial charge in [0.15, 0.2) is 0 Å². The molecule has 0 radical (unpaired) electrons. The van der Waals surface area contributed by atoms with Crippen LogP contribution < -0.4 is 5.32 Å². The number of halogens is 2. The lowest BCUT2D eigenvalue weighted by atomic mass is 9.99. The van der Waals surface area contributed by atoms with Crippen molar-refractivity contribution in [3.8, 4) is 0 Å². The van der Waals surface area contributed by atoms with E-state index in [1.165, 1.54) is 0 Å². The number of nitrogens with one attached hydrogen (secondary N) is 1. The molecule has 0 heterocycles. The maximum absolute atomic E-state index is 13.0. The number of hydrogen-bond donors (Lipinski definition) is 2. The van der Waals surface area contributed by atoms with Crippen LogP contribution in [0, 0.1) is 0 Å². The van der Waals surface area contributed by atoms with E-state index in [4.69, 9.17) is 5.11 Å². The van der Waals surface area contributed by atoms with E-state index in [2.05, 4.69) is 5.32 Å². The molecule has 0 fully saturated rings. The summed E-state index contributed by atoms with van der Waals surface area (Å²) in [6.07, 6.45) is 0.